The summed E-state index contributed by atoms with van der Waals surface area (Å²) in [7, 11) is -1.53. The van der Waals surface area contributed by atoms with E-state index in [4.69, 9.17) is 9.96 Å². The van der Waals surface area contributed by atoms with Gasteiger partial charge in [-0.25, -0.2) is 0 Å². The first-order chi connectivity index (χ1) is 8.03. The van der Waals surface area contributed by atoms with E-state index in [1.54, 1.807) is 0 Å². The molecular formula is C12H19N3OSi. The summed E-state index contributed by atoms with van der Waals surface area (Å²) in [6.45, 7) is 7.54. The zero-order valence-corrected chi connectivity index (χ0v) is 11.6. The Morgan fingerprint density at radius 2 is 1.94 bits per heavy atom. The third-order valence-electron chi connectivity index (χ3n) is 2.35. The summed E-state index contributed by atoms with van der Waals surface area (Å²) < 4.78 is 5.90. The van der Waals surface area contributed by atoms with Gasteiger partial charge in [-0.05, 0) is 30.7 Å². The van der Waals surface area contributed by atoms with E-state index < -0.39 is 8.32 Å². The normalized spacial score (nSPS) is 12.9. The van der Waals surface area contributed by atoms with Crippen LogP contribution in [0.25, 0.3) is 10.4 Å². The van der Waals surface area contributed by atoms with Crippen LogP contribution in [-0.4, -0.2) is 21.5 Å². The Labute approximate surface area is 103 Å². The quantitative estimate of drug-likeness (QED) is 0.326. The highest BCUT2D eigenvalue weighted by molar-refractivity contribution is 6.69. The summed E-state index contributed by atoms with van der Waals surface area (Å²) in [6, 6.07) is 10.1. The van der Waals surface area contributed by atoms with Gasteiger partial charge >= 0.3 is 0 Å². The van der Waals surface area contributed by atoms with Crippen LogP contribution in [0, 0.1) is 0 Å². The molecule has 5 heteroatoms. The van der Waals surface area contributed by atoms with Crippen molar-refractivity contribution in [3.63, 3.8) is 0 Å². The SMILES string of the molecule is C[Si](C)(C)OC[C@H](CN=[N+]=[N-])c1ccccc1. The van der Waals surface area contributed by atoms with Crippen molar-refractivity contribution in [3.05, 3.63) is 46.3 Å². The Morgan fingerprint density at radius 3 is 2.47 bits per heavy atom. The largest absolute Gasteiger partial charge is 0.417 e. The second kappa shape index (κ2) is 6.44. The molecule has 17 heavy (non-hydrogen) atoms. The molecule has 0 aliphatic rings. The minimum absolute atomic E-state index is 0.152. The molecule has 1 aromatic rings. The van der Waals surface area contributed by atoms with E-state index in [2.05, 4.69) is 29.7 Å². The van der Waals surface area contributed by atoms with Crippen LogP contribution < -0.4 is 0 Å². The van der Waals surface area contributed by atoms with Crippen LogP contribution in [0.1, 0.15) is 11.5 Å². The molecule has 1 rings (SSSR count). The van der Waals surface area contributed by atoms with Gasteiger partial charge in [0.15, 0.2) is 8.32 Å². The number of hydrogen-bond acceptors (Lipinski definition) is 2. The fraction of sp³-hybridized carbons (Fsp3) is 0.500. The van der Waals surface area contributed by atoms with E-state index in [0.29, 0.717) is 13.2 Å². The second-order valence-electron chi connectivity index (χ2n) is 4.94. The Morgan fingerprint density at radius 1 is 1.29 bits per heavy atom. The summed E-state index contributed by atoms with van der Waals surface area (Å²) >= 11 is 0. The van der Waals surface area contributed by atoms with E-state index in [1.807, 2.05) is 30.3 Å². The average molecular weight is 249 g/mol. The van der Waals surface area contributed by atoms with Gasteiger partial charge in [0.25, 0.3) is 0 Å². The summed E-state index contributed by atoms with van der Waals surface area (Å²) in [5, 5.41) is 3.67. The Kier molecular flexibility index (Phi) is 5.22. The molecule has 0 amide bonds. The molecule has 0 saturated carbocycles. The van der Waals surface area contributed by atoms with Crippen molar-refractivity contribution in [1.29, 1.82) is 0 Å². The molecule has 1 aromatic carbocycles. The molecule has 0 bridgehead atoms. The van der Waals surface area contributed by atoms with Crippen LogP contribution in [-0.2, 0) is 4.43 Å². The smallest absolute Gasteiger partial charge is 0.183 e. The van der Waals surface area contributed by atoms with Gasteiger partial charge in [-0.15, -0.1) is 0 Å². The highest BCUT2D eigenvalue weighted by Gasteiger charge is 2.18. The molecule has 0 heterocycles. The predicted octanol–water partition coefficient (Wildman–Crippen LogP) is 3.93. The molecule has 0 aliphatic heterocycles. The molecule has 0 saturated heterocycles. The standard InChI is InChI=1S/C12H19N3OSi/c1-17(2,3)16-10-12(9-14-15-13)11-7-5-4-6-8-11/h4-8,12H,9-10H2,1-3H3/t12-/m0/s1. The van der Waals surface area contributed by atoms with Crippen molar-refractivity contribution >= 4 is 8.32 Å². The summed E-state index contributed by atoms with van der Waals surface area (Å²) in [5.74, 6) is 0.152. The van der Waals surface area contributed by atoms with Crippen molar-refractivity contribution in [2.45, 2.75) is 25.6 Å². The van der Waals surface area contributed by atoms with Crippen LogP contribution in [0.2, 0.25) is 19.6 Å². The topological polar surface area (TPSA) is 58.0 Å². The molecule has 0 radical (unpaired) electrons. The van der Waals surface area contributed by atoms with Crippen LogP contribution in [0.4, 0.5) is 0 Å². The van der Waals surface area contributed by atoms with Gasteiger partial charge in [0.05, 0.1) is 0 Å². The van der Waals surface area contributed by atoms with Gasteiger partial charge in [0.2, 0.25) is 0 Å². The molecule has 0 spiro atoms. The molecule has 4 nitrogen and oxygen atoms in total. The lowest BCUT2D eigenvalue weighted by molar-refractivity contribution is 0.284. The molecule has 0 fully saturated rings. The van der Waals surface area contributed by atoms with Crippen molar-refractivity contribution < 1.29 is 4.43 Å². The zero-order chi connectivity index (χ0) is 12.7. The molecule has 0 aromatic heterocycles. The predicted molar refractivity (Wildman–Crippen MR) is 72.5 cm³/mol. The van der Waals surface area contributed by atoms with E-state index in [-0.39, 0.29) is 5.92 Å². The van der Waals surface area contributed by atoms with E-state index >= 15 is 0 Å². The summed E-state index contributed by atoms with van der Waals surface area (Å²) in [6.07, 6.45) is 0. The number of azide groups is 1. The fourth-order valence-corrected chi connectivity index (χ4v) is 2.17. The molecule has 0 unspecified atom stereocenters. The Balaban J connectivity index is 2.71. The number of rotatable bonds is 6. The van der Waals surface area contributed by atoms with Gasteiger partial charge in [0, 0.05) is 24.0 Å². The monoisotopic (exact) mass is 249 g/mol. The van der Waals surface area contributed by atoms with Gasteiger partial charge in [-0.3, -0.25) is 0 Å². The maximum atomic E-state index is 8.42. The zero-order valence-electron chi connectivity index (χ0n) is 10.6. The molecule has 0 N–H and O–H groups in total. The third kappa shape index (κ3) is 5.54. The maximum Gasteiger partial charge on any atom is 0.183 e. The number of hydrogen-bond donors (Lipinski definition) is 0. The van der Waals surface area contributed by atoms with Crippen molar-refractivity contribution in [1.82, 2.24) is 0 Å². The minimum atomic E-state index is -1.53. The summed E-state index contributed by atoms with van der Waals surface area (Å²) in [4.78, 5) is 2.83. The molecule has 92 valence electrons. The maximum absolute atomic E-state index is 8.42. The first-order valence-corrected chi connectivity index (χ1v) is 9.13. The highest BCUT2D eigenvalue weighted by atomic mass is 28.4. The first-order valence-electron chi connectivity index (χ1n) is 5.72. The highest BCUT2D eigenvalue weighted by Crippen LogP contribution is 2.18. The van der Waals surface area contributed by atoms with Gasteiger partial charge in [-0.2, -0.15) is 0 Å². The van der Waals surface area contributed by atoms with Gasteiger partial charge in [0.1, 0.15) is 0 Å². The van der Waals surface area contributed by atoms with E-state index in [0.717, 1.165) is 5.56 Å². The van der Waals surface area contributed by atoms with E-state index in [9.17, 15) is 0 Å². The minimum Gasteiger partial charge on any atom is -0.417 e. The van der Waals surface area contributed by atoms with Crippen molar-refractivity contribution in [2.75, 3.05) is 13.2 Å². The number of nitrogens with zero attached hydrogens (tertiary/aromatic N) is 3. The second-order valence-corrected chi connectivity index (χ2v) is 9.46. The van der Waals surface area contributed by atoms with Gasteiger partial charge in [-0.1, -0.05) is 35.4 Å². The Hall–Kier alpha value is -1.29. The lowest BCUT2D eigenvalue weighted by atomic mass is 10.0. The van der Waals surface area contributed by atoms with Crippen molar-refractivity contribution in [2.24, 2.45) is 5.11 Å². The average Bonchev–Trinajstić information content (AvgIpc) is 2.29. The van der Waals surface area contributed by atoms with Crippen LogP contribution in [0.15, 0.2) is 35.4 Å². The third-order valence-corrected chi connectivity index (χ3v) is 3.39. The molecule has 1 atom stereocenters. The lowest BCUT2D eigenvalue weighted by Crippen LogP contribution is -2.28. The molecule has 0 aliphatic carbocycles. The van der Waals surface area contributed by atoms with Gasteiger partial charge < -0.3 is 4.43 Å². The van der Waals surface area contributed by atoms with Crippen LogP contribution in [0.3, 0.4) is 0 Å². The number of benzene rings is 1. The van der Waals surface area contributed by atoms with Crippen LogP contribution in [0.5, 0.6) is 0 Å². The van der Waals surface area contributed by atoms with Crippen molar-refractivity contribution in [3.8, 4) is 0 Å². The van der Waals surface area contributed by atoms with E-state index in [1.165, 1.54) is 0 Å². The first kappa shape index (κ1) is 13.8. The Bertz CT molecular complexity index is 382. The van der Waals surface area contributed by atoms with Crippen LogP contribution >= 0.6 is 0 Å². The lowest BCUT2D eigenvalue weighted by Gasteiger charge is -2.22. The fourth-order valence-electron chi connectivity index (χ4n) is 1.47. The molecular weight excluding hydrogens is 230 g/mol. The summed E-state index contributed by atoms with van der Waals surface area (Å²) in [5.41, 5.74) is 9.58.